The van der Waals surface area contributed by atoms with Gasteiger partial charge in [-0.3, -0.25) is 9.52 Å². The van der Waals surface area contributed by atoms with Crippen LogP contribution in [0.5, 0.6) is 5.75 Å². The Balaban J connectivity index is 1.48. The van der Waals surface area contributed by atoms with E-state index in [1.54, 1.807) is 36.5 Å². The average Bonchev–Trinajstić information content (AvgIpc) is 3.44. The van der Waals surface area contributed by atoms with Crippen LogP contribution in [-0.4, -0.2) is 51.4 Å². The standard InChI is InChI=1S/C19H22N6O4S/c1-25(2)15-10-12(6-9-21-15)18(26)22-19(7-8-19)11-29-14-5-3-4-13-16(14)17(20)24-30(27,28)23-13/h3-6,9-10,23H,7-8,11H2,1-2H3,(H2,20,24)(H,22,26). The van der Waals surface area contributed by atoms with Crippen LogP contribution >= 0.6 is 0 Å². The number of fused-ring (bicyclic) bond motifs is 1. The van der Waals surface area contributed by atoms with Gasteiger partial charge >= 0.3 is 10.2 Å². The van der Waals surface area contributed by atoms with E-state index in [2.05, 4.69) is 19.4 Å². The molecule has 2 heterocycles. The highest BCUT2D eigenvalue weighted by molar-refractivity contribution is 7.91. The van der Waals surface area contributed by atoms with Crippen LogP contribution in [-0.2, 0) is 10.2 Å². The number of benzene rings is 1. The molecule has 10 nitrogen and oxygen atoms in total. The third kappa shape index (κ3) is 4.01. The smallest absolute Gasteiger partial charge is 0.344 e. The van der Waals surface area contributed by atoms with Crippen molar-refractivity contribution in [3.8, 4) is 5.75 Å². The number of hydrogen-bond donors (Lipinski definition) is 3. The SMILES string of the molecule is CN(C)c1cc(C(=O)NC2(COc3cccc4c3C(N)=NS(=O)(=O)N4)CC2)ccn1. The van der Waals surface area contributed by atoms with E-state index in [1.807, 2.05) is 19.0 Å². The van der Waals surface area contributed by atoms with Gasteiger partial charge in [-0.05, 0) is 37.1 Å². The fourth-order valence-corrected chi connectivity index (χ4v) is 3.97. The van der Waals surface area contributed by atoms with Crippen molar-refractivity contribution in [2.24, 2.45) is 10.1 Å². The van der Waals surface area contributed by atoms with Gasteiger partial charge in [0.2, 0.25) is 0 Å². The van der Waals surface area contributed by atoms with Gasteiger partial charge in [0, 0.05) is 25.9 Å². The Bertz CT molecular complexity index is 1140. The van der Waals surface area contributed by atoms with E-state index in [-0.39, 0.29) is 18.3 Å². The van der Waals surface area contributed by atoms with E-state index in [9.17, 15) is 13.2 Å². The van der Waals surface area contributed by atoms with E-state index < -0.39 is 15.7 Å². The molecule has 30 heavy (non-hydrogen) atoms. The summed E-state index contributed by atoms with van der Waals surface area (Å²) in [6.07, 6.45) is 3.14. The molecule has 0 saturated heterocycles. The maximum Gasteiger partial charge on any atom is 0.344 e. The normalized spacial score (nSPS) is 17.7. The molecule has 4 rings (SSSR count). The largest absolute Gasteiger partial charge is 0.490 e. The summed E-state index contributed by atoms with van der Waals surface area (Å²) >= 11 is 0. The lowest BCUT2D eigenvalue weighted by Gasteiger charge is -2.22. The highest BCUT2D eigenvalue weighted by Gasteiger charge is 2.45. The summed E-state index contributed by atoms with van der Waals surface area (Å²) in [6.45, 7) is 0.223. The molecule has 158 valence electrons. The van der Waals surface area contributed by atoms with Crippen LogP contribution in [0.1, 0.15) is 28.8 Å². The second kappa shape index (κ2) is 7.17. The monoisotopic (exact) mass is 430 g/mol. The van der Waals surface area contributed by atoms with Crippen LogP contribution in [0, 0.1) is 0 Å². The molecule has 1 aliphatic heterocycles. The molecule has 1 saturated carbocycles. The Hall–Kier alpha value is -3.34. The van der Waals surface area contributed by atoms with Crippen molar-refractivity contribution < 1.29 is 17.9 Å². The minimum Gasteiger partial charge on any atom is -0.490 e. The van der Waals surface area contributed by atoms with Gasteiger partial charge in [0.15, 0.2) is 5.84 Å². The lowest BCUT2D eigenvalue weighted by molar-refractivity contribution is 0.0913. The molecule has 1 fully saturated rings. The molecule has 0 radical (unpaired) electrons. The zero-order valence-corrected chi connectivity index (χ0v) is 17.4. The van der Waals surface area contributed by atoms with E-state index in [4.69, 9.17) is 10.5 Å². The quantitative estimate of drug-likeness (QED) is 0.618. The number of carbonyl (C=O) groups is 1. The van der Waals surface area contributed by atoms with Gasteiger partial charge in [0.25, 0.3) is 5.91 Å². The number of rotatable bonds is 6. The number of carbonyl (C=O) groups excluding carboxylic acids is 1. The average molecular weight is 430 g/mol. The van der Waals surface area contributed by atoms with Gasteiger partial charge in [-0.25, -0.2) is 4.98 Å². The number of aromatic nitrogens is 1. The molecule has 1 aromatic heterocycles. The lowest BCUT2D eigenvalue weighted by Crippen LogP contribution is -2.41. The Labute approximate surface area is 174 Å². The number of anilines is 2. The minimum absolute atomic E-state index is 0.138. The van der Waals surface area contributed by atoms with Gasteiger partial charge in [0.05, 0.1) is 16.8 Å². The van der Waals surface area contributed by atoms with Crippen molar-refractivity contribution in [2.45, 2.75) is 18.4 Å². The van der Waals surface area contributed by atoms with Crippen molar-refractivity contribution in [3.63, 3.8) is 0 Å². The Morgan fingerprint density at radius 1 is 1.33 bits per heavy atom. The number of nitrogens with zero attached hydrogens (tertiary/aromatic N) is 3. The fraction of sp³-hybridized carbons (Fsp3) is 0.316. The highest BCUT2D eigenvalue weighted by Crippen LogP contribution is 2.38. The Morgan fingerprint density at radius 2 is 2.10 bits per heavy atom. The summed E-state index contributed by atoms with van der Waals surface area (Å²) in [6, 6.07) is 8.32. The van der Waals surface area contributed by atoms with Crippen LogP contribution in [0.3, 0.4) is 0 Å². The first-order valence-corrected chi connectivity index (χ1v) is 10.7. The summed E-state index contributed by atoms with van der Waals surface area (Å²) in [4.78, 5) is 18.8. The van der Waals surface area contributed by atoms with Crippen molar-refractivity contribution in [1.82, 2.24) is 10.3 Å². The van der Waals surface area contributed by atoms with Crippen molar-refractivity contribution in [3.05, 3.63) is 47.7 Å². The van der Waals surface area contributed by atoms with Crippen molar-refractivity contribution in [1.29, 1.82) is 0 Å². The first-order valence-electron chi connectivity index (χ1n) is 9.28. The first-order chi connectivity index (χ1) is 14.2. The lowest BCUT2D eigenvalue weighted by atomic mass is 10.1. The molecular weight excluding hydrogens is 408 g/mol. The summed E-state index contributed by atoms with van der Waals surface area (Å²) in [5.41, 5.74) is 6.57. The number of hydrogen-bond acceptors (Lipinski definition) is 7. The minimum atomic E-state index is -3.86. The highest BCUT2D eigenvalue weighted by atomic mass is 32.2. The van der Waals surface area contributed by atoms with Gasteiger partial charge in [-0.15, -0.1) is 4.40 Å². The zero-order chi connectivity index (χ0) is 21.5. The molecule has 1 aliphatic carbocycles. The van der Waals surface area contributed by atoms with Crippen LogP contribution in [0.2, 0.25) is 0 Å². The predicted molar refractivity (Wildman–Crippen MR) is 113 cm³/mol. The van der Waals surface area contributed by atoms with Crippen LogP contribution in [0.4, 0.5) is 11.5 Å². The summed E-state index contributed by atoms with van der Waals surface area (Å²) < 4.78 is 35.2. The van der Waals surface area contributed by atoms with E-state index in [0.29, 0.717) is 28.4 Å². The number of nitrogens with two attached hydrogens (primary N) is 1. The molecule has 2 aromatic rings. The van der Waals surface area contributed by atoms with Gasteiger partial charge < -0.3 is 20.7 Å². The Morgan fingerprint density at radius 3 is 2.80 bits per heavy atom. The molecule has 11 heteroatoms. The number of amidine groups is 1. The molecule has 0 atom stereocenters. The fourth-order valence-electron chi connectivity index (χ4n) is 3.13. The predicted octanol–water partition coefficient (Wildman–Crippen LogP) is 0.865. The molecule has 0 spiro atoms. The molecule has 0 bridgehead atoms. The second-order valence-corrected chi connectivity index (χ2v) is 8.89. The number of pyridine rings is 1. The van der Waals surface area contributed by atoms with Crippen LogP contribution in [0.25, 0.3) is 0 Å². The van der Waals surface area contributed by atoms with E-state index in [0.717, 1.165) is 12.8 Å². The van der Waals surface area contributed by atoms with E-state index in [1.165, 1.54) is 0 Å². The van der Waals surface area contributed by atoms with Gasteiger partial charge in [-0.1, -0.05) is 6.07 Å². The second-order valence-electron chi connectivity index (χ2n) is 7.55. The van der Waals surface area contributed by atoms with Crippen LogP contribution < -0.4 is 25.4 Å². The topological polar surface area (TPSA) is 139 Å². The molecule has 1 aromatic carbocycles. The third-order valence-corrected chi connectivity index (χ3v) is 5.86. The first kappa shape index (κ1) is 20.0. The molecule has 1 amide bonds. The van der Waals surface area contributed by atoms with Crippen molar-refractivity contribution in [2.75, 3.05) is 30.3 Å². The zero-order valence-electron chi connectivity index (χ0n) is 16.5. The molecule has 0 unspecified atom stereocenters. The summed E-state index contributed by atoms with van der Waals surface area (Å²) in [5.74, 6) is 0.749. The molecule has 4 N–H and O–H groups in total. The summed E-state index contributed by atoms with van der Waals surface area (Å²) in [7, 11) is -0.143. The maximum absolute atomic E-state index is 12.7. The third-order valence-electron chi connectivity index (χ3n) is 4.94. The van der Waals surface area contributed by atoms with Crippen molar-refractivity contribution >= 4 is 33.5 Å². The van der Waals surface area contributed by atoms with Crippen LogP contribution in [0.15, 0.2) is 40.9 Å². The number of amides is 1. The Kier molecular flexibility index (Phi) is 4.77. The van der Waals surface area contributed by atoms with Gasteiger partial charge in [-0.2, -0.15) is 8.42 Å². The molecular formula is C19H22N6O4S. The number of nitrogens with one attached hydrogen (secondary N) is 2. The van der Waals surface area contributed by atoms with Gasteiger partial charge in [0.1, 0.15) is 18.2 Å². The maximum atomic E-state index is 12.7. The molecule has 2 aliphatic rings. The summed E-state index contributed by atoms with van der Waals surface area (Å²) in [5, 5.41) is 3.04. The number of ether oxygens (including phenoxy) is 1. The van der Waals surface area contributed by atoms with E-state index >= 15 is 0 Å².